The number of nitrogens with one attached hydrogen (secondary N) is 1. The third-order valence-corrected chi connectivity index (χ3v) is 7.52. The summed E-state index contributed by atoms with van der Waals surface area (Å²) < 4.78 is 0. The molecule has 6 N–H and O–H groups in total. The average Bonchev–Trinajstić information content (AvgIpc) is 3.20. The monoisotopic (exact) mass is 628 g/mol. The Kier molecular flexibility index (Phi) is 9.62. The summed E-state index contributed by atoms with van der Waals surface area (Å²) in [5.74, 6) is -6.01. The van der Waals surface area contributed by atoms with Gasteiger partial charge in [-0.1, -0.05) is 77.9 Å². The van der Waals surface area contributed by atoms with Crippen molar-refractivity contribution in [2.75, 3.05) is 4.90 Å². The zero-order chi connectivity index (χ0) is 33.8. The molecule has 1 aliphatic rings. The fourth-order valence-electron chi connectivity index (χ4n) is 5.07. The standard InChI is InChI=1S/C32H32N6O8/c1-19(39)26(37(23-11-7-4-8-12-23)28(42)24(33)17-25(40)41)29(43)46-38-30(44)32(2,22-15-13-21(14-16-22)27(34)35)36(31(38)45)18-20-9-5-3-6-10-20/h3-16,24,26H,17-18,33H2,1-2H3,(H3,34,35)(H,40,41)/t24-,26-,32+/m0/s1. The molecule has 0 radical (unpaired) electrons. The van der Waals surface area contributed by atoms with E-state index in [0.29, 0.717) is 21.6 Å². The first-order chi connectivity index (χ1) is 21.8. The predicted molar refractivity (Wildman–Crippen MR) is 164 cm³/mol. The van der Waals surface area contributed by atoms with Crippen LogP contribution in [0.2, 0.25) is 0 Å². The molecule has 1 fully saturated rings. The summed E-state index contributed by atoms with van der Waals surface area (Å²) in [5.41, 5.74) is 11.1. The van der Waals surface area contributed by atoms with Crippen LogP contribution in [0.15, 0.2) is 84.9 Å². The molecular weight excluding hydrogens is 596 g/mol. The molecule has 0 aromatic heterocycles. The maximum atomic E-state index is 14.1. The van der Waals surface area contributed by atoms with Gasteiger partial charge in [0.15, 0.2) is 11.8 Å². The summed E-state index contributed by atoms with van der Waals surface area (Å²) in [4.78, 5) is 86.5. The van der Waals surface area contributed by atoms with E-state index in [1.54, 1.807) is 36.4 Å². The lowest BCUT2D eigenvalue weighted by molar-refractivity contribution is -0.186. The van der Waals surface area contributed by atoms with Crippen LogP contribution in [0.5, 0.6) is 0 Å². The number of rotatable bonds is 12. The smallest absolute Gasteiger partial charge is 0.363 e. The van der Waals surface area contributed by atoms with Crippen LogP contribution in [-0.2, 0) is 40.9 Å². The van der Waals surface area contributed by atoms with Gasteiger partial charge in [0.1, 0.15) is 11.4 Å². The first kappa shape index (κ1) is 33.0. The zero-order valence-electron chi connectivity index (χ0n) is 25.0. The zero-order valence-corrected chi connectivity index (χ0v) is 25.0. The molecule has 14 heteroatoms. The van der Waals surface area contributed by atoms with E-state index in [9.17, 15) is 33.9 Å². The molecule has 3 aromatic carbocycles. The second-order valence-electron chi connectivity index (χ2n) is 10.7. The third kappa shape index (κ3) is 6.46. The molecule has 1 heterocycles. The van der Waals surface area contributed by atoms with Gasteiger partial charge in [-0.3, -0.25) is 34.4 Å². The summed E-state index contributed by atoms with van der Waals surface area (Å²) >= 11 is 0. The number of carbonyl (C=O) groups is 6. The Balaban J connectivity index is 1.74. The first-order valence-electron chi connectivity index (χ1n) is 14.0. The van der Waals surface area contributed by atoms with Crippen molar-refractivity contribution in [3.63, 3.8) is 0 Å². The number of anilines is 1. The average molecular weight is 629 g/mol. The molecule has 4 rings (SSSR count). The minimum atomic E-state index is -2.04. The van der Waals surface area contributed by atoms with E-state index in [1.165, 1.54) is 60.4 Å². The van der Waals surface area contributed by atoms with Gasteiger partial charge >= 0.3 is 18.0 Å². The lowest BCUT2D eigenvalue weighted by atomic mass is 9.89. The van der Waals surface area contributed by atoms with Gasteiger partial charge in [0.25, 0.3) is 5.91 Å². The summed E-state index contributed by atoms with van der Waals surface area (Å²) in [6, 6.07) is 17.5. The van der Waals surface area contributed by atoms with Crippen LogP contribution >= 0.6 is 0 Å². The van der Waals surface area contributed by atoms with Crippen LogP contribution in [0.4, 0.5) is 10.5 Å². The van der Waals surface area contributed by atoms with Crippen LogP contribution in [-0.4, -0.2) is 68.6 Å². The van der Waals surface area contributed by atoms with E-state index in [-0.39, 0.29) is 23.1 Å². The number of hydrogen-bond donors (Lipinski definition) is 4. The number of carboxylic acid groups (broad SMARTS) is 1. The van der Waals surface area contributed by atoms with Crippen LogP contribution in [0.25, 0.3) is 0 Å². The van der Waals surface area contributed by atoms with Crippen molar-refractivity contribution < 1.29 is 38.7 Å². The van der Waals surface area contributed by atoms with E-state index in [0.717, 1.165) is 6.92 Å². The maximum Gasteiger partial charge on any atom is 0.363 e. The molecule has 1 aliphatic heterocycles. The summed E-state index contributed by atoms with van der Waals surface area (Å²) in [5, 5.41) is 17.1. The summed E-state index contributed by atoms with van der Waals surface area (Å²) in [6.45, 7) is 2.37. The molecule has 46 heavy (non-hydrogen) atoms. The number of nitrogens with two attached hydrogens (primary N) is 2. The minimum Gasteiger partial charge on any atom is -0.481 e. The van der Waals surface area contributed by atoms with Crippen LogP contribution in [0.3, 0.4) is 0 Å². The van der Waals surface area contributed by atoms with Crippen molar-refractivity contribution in [1.82, 2.24) is 9.96 Å². The number of ketones is 1. The molecule has 3 aromatic rings. The van der Waals surface area contributed by atoms with Crippen molar-refractivity contribution in [1.29, 1.82) is 5.41 Å². The lowest BCUT2D eigenvalue weighted by Crippen LogP contribution is -2.56. The second kappa shape index (κ2) is 13.4. The van der Waals surface area contributed by atoms with E-state index < -0.39 is 59.6 Å². The highest BCUT2D eigenvalue weighted by Crippen LogP contribution is 2.39. The molecule has 4 amide bonds. The van der Waals surface area contributed by atoms with E-state index in [2.05, 4.69) is 0 Å². The van der Waals surface area contributed by atoms with E-state index in [4.69, 9.17) is 21.7 Å². The van der Waals surface area contributed by atoms with Crippen molar-refractivity contribution >= 4 is 47.1 Å². The Morgan fingerprint density at radius 2 is 1.52 bits per heavy atom. The van der Waals surface area contributed by atoms with Gasteiger partial charge in [0.05, 0.1) is 12.5 Å². The Morgan fingerprint density at radius 3 is 2.04 bits per heavy atom. The Labute approximate surface area is 263 Å². The maximum absolute atomic E-state index is 14.1. The lowest BCUT2D eigenvalue weighted by Gasteiger charge is -2.32. The largest absolute Gasteiger partial charge is 0.481 e. The van der Waals surface area contributed by atoms with Gasteiger partial charge in [-0.05, 0) is 37.1 Å². The van der Waals surface area contributed by atoms with Gasteiger partial charge in [-0.25, -0.2) is 9.59 Å². The topological polar surface area (TPSA) is 217 Å². The van der Waals surface area contributed by atoms with Crippen molar-refractivity contribution in [3.8, 4) is 0 Å². The number of hydroxylamine groups is 2. The van der Waals surface area contributed by atoms with E-state index in [1.807, 2.05) is 0 Å². The molecule has 0 bridgehead atoms. The number of amidine groups is 1. The number of hydrogen-bond acceptors (Lipinski definition) is 9. The van der Waals surface area contributed by atoms with Gasteiger partial charge in [0.2, 0.25) is 5.91 Å². The van der Waals surface area contributed by atoms with Gasteiger partial charge < -0.3 is 21.4 Å². The van der Waals surface area contributed by atoms with Gasteiger partial charge in [-0.2, -0.15) is 0 Å². The van der Waals surface area contributed by atoms with Gasteiger partial charge in [-0.15, -0.1) is 0 Å². The fourth-order valence-corrected chi connectivity index (χ4v) is 5.07. The number of carbonyl (C=O) groups excluding carboxylic acids is 5. The first-order valence-corrected chi connectivity index (χ1v) is 14.0. The highest BCUT2D eigenvalue weighted by atomic mass is 16.7. The molecule has 0 unspecified atom stereocenters. The molecule has 1 saturated heterocycles. The number of para-hydroxylation sites is 1. The SMILES string of the molecule is CC(=O)[C@@H](C(=O)ON1C(=O)N(Cc2ccccc2)[C@](C)(c2ccc(C(=N)N)cc2)C1=O)N(C(=O)[C@@H](N)CC(=O)O)c1ccccc1. The predicted octanol–water partition coefficient (Wildman–Crippen LogP) is 1.90. The highest BCUT2D eigenvalue weighted by Gasteiger charge is 2.58. The number of nitrogen functional groups attached to an aromatic ring is 1. The quantitative estimate of drug-likeness (QED) is 0.0988. The number of urea groups is 1. The minimum absolute atomic E-state index is 0.0191. The molecule has 14 nitrogen and oxygen atoms in total. The molecule has 0 spiro atoms. The van der Waals surface area contributed by atoms with Crippen molar-refractivity contribution in [2.24, 2.45) is 11.5 Å². The summed E-state index contributed by atoms with van der Waals surface area (Å²) in [6.07, 6.45) is -0.805. The fraction of sp³-hybridized carbons (Fsp3) is 0.219. The third-order valence-electron chi connectivity index (χ3n) is 7.52. The van der Waals surface area contributed by atoms with Crippen LogP contribution in [0, 0.1) is 5.41 Å². The van der Waals surface area contributed by atoms with Crippen LogP contribution in [0.1, 0.15) is 37.0 Å². The second-order valence-corrected chi connectivity index (χ2v) is 10.7. The van der Waals surface area contributed by atoms with Crippen LogP contribution < -0.4 is 16.4 Å². The molecular formula is C32H32N6O8. The normalized spacial score (nSPS) is 17.3. The number of amides is 4. The number of imide groups is 1. The Bertz CT molecular complexity index is 1680. The Morgan fingerprint density at radius 1 is 0.957 bits per heavy atom. The van der Waals surface area contributed by atoms with Crippen molar-refractivity contribution in [3.05, 3.63) is 102 Å². The Hall–Kier alpha value is -5.89. The molecule has 3 atom stereocenters. The molecule has 238 valence electrons. The van der Waals surface area contributed by atoms with E-state index >= 15 is 0 Å². The number of carboxylic acids is 1. The molecule has 0 aliphatic carbocycles. The van der Waals surface area contributed by atoms with Gasteiger partial charge in [0, 0.05) is 17.8 Å². The number of Topliss-reactive ketones (excluding diaryl/α,β-unsaturated/α-hetero) is 1. The number of benzene rings is 3. The van der Waals surface area contributed by atoms with Crippen molar-refractivity contribution in [2.45, 2.75) is 44.4 Å². The summed E-state index contributed by atoms with van der Waals surface area (Å²) in [7, 11) is 0. The number of nitrogens with zero attached hydrogens (tertiary/aromatic N) is 3. The highest BCUT2D eigenvalue weighted by molar-refractivity contribution is 6.15. The number of aliphatic carboxylic acids is 1. The molecule has 0 saturated carbocycles.